The number of carbonyl (C=O) groups is 1. The molecule has 1 saturated heterocycles. The average Bonchev–Trinajstić information content (AvgIpc) is 3.27. The Hall–Kier alpha value is -2.37. The fourth-order valence-corrected chi connectivity index (χ4v) is 6.75. The Morgan fingerprint density at radius 1 is 1.03 bits per heavy atom. The van der Waals surface area contributed by atoms with E-state index < -0.39 is 11.0 Å². The largest absolute Gasteiger partial charge is 0.469 e. The Kier molecular flexibility index (Phi) is 6.67. The van der Waals surface area contributed by atoms with Crippen molar-refractivity contribution in [2.45, 2.75) is 30.9 Å². The number of ether oxygens (including phenoxy) is 1. The monoisotopic (exact) mass is 509 g/mol. The molecule has 0 radical (unpaired) electrons. The van der Waals surface area contributed by atoms with Gasteiger partial charge in [-0.15, -0.1) is 0 Å². The summed E-state index contributed by atoms with van der Waals surface area (Å²) in [7, 11) is 1.45. The van der Waals surface area contributed by atoms with Crippen LogP contribution in [0, 0.1) is 11.3 Å². The van der Waals surface area contributed by atoms with Crippen molar-refractivity contribution in [2.24, 2.45) is 11.3 Å². The van der Waals surface area contributed by atoms with E-state index in [0.29, 0.717) is 48.1 Å². The van der Waals surface area contributed by atoms with E-state index in [4.69, 9.17) is 27.9 Å². The van der Waals surface area contributed by atoms with Gasteiger partial charge < -0.3 is 9.84 Å². The Labute approximate surface area is 216 Å². The zero-order valence-corrected chi connectivity index (χ0v) is 21.2. The molecular weight excluding hydrogens is 481 g/mol. The highest BCUT2D eigenvalue weighted by molar-refractivity contribution is 6.42. The van der Waals surface area contributed by atoms with E-state index >= 15 is 0 Å². The maximum Gasteiger partial charge on any atom is 0.314 e. The van der Waals surface area contributed by atoms with Gasteiger partial charge in [-0.25, -0.2) is 0 Å². The zero-order chi connectivity index (χ0) is 24.6. The quantitative estimate of drug-likeness (QED) is 0.425. The Morgan fingerprint density at radius 3 is 2.37 bits per heavy atom. The predicted molar refractivity (Wildman–Crippen MR) is 138 cm³/mol. The molecule has 35 heavy (non-hydrogen) atoms. The van der Waals surface area contributed by atoms with Crippen LogP contribution in [0.1, 0.15) is 35.4 Å². The number of carbonyl (C=O) groups excluding carboxylic acids is 1. The minimum absolute atomic E-state index is 0.0787. The third-order valence-corrected chi connectivity index (χ3v) is 8.74. The highest BCUT2D eigenvalue weighted by atomic mass is 35.5. The summed E-state index contributed by atoms with van der Waals surface area (Å²) in [6, 6.07) is 25.7. The molecule has 1 N–H and O–H groups in total. The molecule has 0 aromatic heterocycles. The third-order valence-electron chi connectivity index (χ3n) is 8.00. The molecule has 2 aliphatic rings. The van der Waals surface area contributed by atoms with E-state index in [2.05, 4.69) is 29.2 Å². The fourth-order valence-electron chi connectivity index (χ4n) is 6.45. The minimum atomic E-state index is -1.25. The summed E-state index contributed by atoms with van der Waals surface area (Å²) in [6.45, 7) is 1.75. The predicted octanol–water partition coefficient (Wildman–Crippen LogP) is 6.05. The van der Waals surface area contributed by atoms with Crippen molar-refractivity contribution in [3.8, 4) is 0 Å². The van der Waals surface area contributed by atoms with Crippen LogP contribution in [0.2, 0.25) is 10.0 Å². The van der Waals surface area contributed by atoms with Crippen molar-refractivity contribution in [2.75, 3.05) is 20.2 Å². The first-order valence-corrected chi connectivity index (χ1v) is 12.7. The number of hydrogen-bond donors (Lipinski definition) is 1. The van der Waals surface area contributed by atoms with Crippen LogP contribution in [0.15, 0.2) is 78.9 Å². The van der Waals surface area contributed by atoms with Gasteiger partial charge >= 0.3 is 5.97 Å². The maximum atomic E-state index is 13.8. The van der Waals surface area contributed by atoms with Crippen molar-refractivity contribution < 1.29 is 14.6 Å². The van der Waals surface area contributed by atoms with Gasteiger partial charge in [0.05, 0.1) is 28.2 Å². The third kappa shape index (κ3) is 4.17. The van der Waals surface area contributed by atoms with Crippen molar-refractivity contribution >= 4 is 29.2 Å². The van der Waals surface area contributed by atoms with Gasteiger partial charge in [0.2, 0.25) is 0 Å². The number of halogens is 2. The SMILES string of the molecule is COC(=O)C12CN(Cc3ccccc3)CC1C(O)(c1ccc(Cl)c(Cl)c1)CCC2c1ccccc1. The standard InChI is InChI=1S/C29H29Cl2NO3/c1-35-27(33)28-19-32(17-20-8-4-2-5-9-20)18-26(28)29(34,22-12-13-24(30)25(31)16-22)15-14-23(28)21-10-6-3-7-11-21/h2-13,16,23,26,34H,14-15,17-19H2,1H3. The first kappa shape index (κ1) is 24.3. The molecule has 182 valence electrons. The smallest absolute Gasteiger partial charge is 0.314 e. The van der Waals surface area contributed by atoms with Gasteiger partial charge in [-0.2, -0.15) is 0 Å². The molecule has 1 heterocycles. The first-order valence-electron chi connectivity index (χ1n) is 12.0. The number of fused-ring (bicyclic) bond motifs is 1. The van der Waals surface area contributed by atoms with Crippen LogP contribution >= 0.6 is 23.2 Å². The summed E-state index contributed by atoms with van der Waals surface area (Å²) in [5, 5.41) is 13.2. The van der Waals surface area contributed by atoms with Crippen molar-refractivity contribution in [3.05, 3.63) is 106 Å². The lowest BCUT2D eigenvalue weighted by Gasteiger charge is -2.51. The highest BCUT2D eigenvalue weighted by Gasteiger charge is 2.66. The first-order chi connectivity index (χ1) is 16.9. The van der Waals surface area contributed by atoms with Crippen LogP contribution in [-0.4, -0.2) is 36.2 Å². The number of likely N-dealkylation sites (tertiary alicyclic amines) is 1. The van der Waals surface area contributed by atoms with Crippen LogP contribution in [0.5, 0.6) is 0 Å². The van der Waals surface area contributed by atoms with Crippen molar-refractivity contribution in [3.63, 3.8) is 0 Å². The number of aliphatic hydroxyl groups is 1. The Morgan fingerprint density at radius 2 is 1.71 bits per heavy atom. The van der Waals surface area contributed by atoms with Gasteiger partial charge in [0.25, 0.3) is 0 Å². The molecule has 4 atom stereocenters. The minimum Gasteiger partial charge on any atom is -0.469 e. The zero-order valence-electron chi connectivity index (χ0n) is 19.7. The van der Waals surface area contributed by atoms with Crippen molar-refractivity contribution in [1.82, 2.24) is 4.90 Å². The summed E-state index contributed by atoms with van der Waals surface area (Å²) >= 11 is 12.6. The van der Waals surface area contributed by atoms with Gasteiger partial charge in [-0.1, -0.05) is 89.9 Å². The maximum absolute atomic E-state index is 13.8. The highest BCUT2D eigenvalue weighted by Crippen LogP contribution is 2.61. The lowest BCUT2D eigenvalue weighted by molar-refractivity contribution is -0.173. The van der Waals surface area contributed by atoms with Crippen molar-refractivity contribution in [1.29, 1.82) is 0 Å². The summed E-state index contributed by atoms with van der Waals surface area (Å²) in [5.74, 6) is -0.738. The summed E-state index contributed by atoms with van der Waals surface area (Å²) in [5.41, 5.74) is 0.794. The lowest BCUT2D eigenvalue weighted by atomic mass is 9.53. The van der Waals surface area contributed by atoms with Crippen LogP contribution in [0.25, 0.3) is 0 Å². The Bertz CT molecular complexity index is 1210. The molecule has 3 aromatic carbocycles. The number of methoxy groups -OCH3 is 1. The van der Waals surface area contributed by atoms with Gasteiger partial charge in [0, 0.05) is 31.5 Å². The number of benzene rings is 3. The molecule has 1 aliphatic heterocycles. The summed E-state index contributed by atoms with van der Waals surface area (Å²) < 4.78 is 5.49. The normalized spacial score (nSPS) is 28.5. The van der Waals surface area contributed by atoms with E-state index in [1.807, 2.05) is 42.5 Å². The molecule has 4 nitrogen and oxygen atoms in total. The molecule has 0 amide bonds. The molecular formula is C29H29Cl2NO3. The van der Waals surface area contributed by atoms with Crippen LogP contribution in [0.3, 0.4) is 0 Å². The van der Waals surface area contributed by atoms with E-state index in [1.165, 1.54) is 12.7 Å². The Balaban J connectivity index is 1.64. The van der Waals surface area contributed by atoms with Gasteiger partial charge in [0.1, 0.15) is 0 Å². The fraction of sp³-hybridized carbons (Fsp3) is 0.345. The second-order valence-corrected chi connectivity index (χ2v) is 10.6. The number of hydrogen-bond acceptors (Lipinski definition) is 4. The number of nitrogens with zero attached hydrogens (tertiary/aromatic N) is 1. The van der Waals surface area contributed by atoms with Crippen LogP contribution in [-0.2, 0) is 21.7 Å². The summed E-state index contributed by atoms with van der Waals surface area (Å²) in [4.78, 5) is 16.1. The number of esters is 1. The van der Waals surface area contributed by atoms with Gasteiger partial charge in [-0.05, 0) is 41.7 Å². The molecule has 4 unspecified atom stereocenters. The molecule has 3 aromatic rings. The van der Waals surface area contributed by atoms with Gasteiger partial charge in [-0.3, -0.25) is 9.69 Å². The molecule has 0 bridgehead atoms. The van der Waals surface area contributed by atoms with Gasteiger partial charge in [0.15, 0.2) is 0 Å². The average molecular weight is 510 g/mol. The van der Waals surface area contributed by atoms with Crippen LogP contribution in [0.4, 0.5) is 0 Å². The second kappa shape index (κ2) is 9.59. The topological polar surface area (TPSA) is 49.8 Å². The van der Waals surface area contributed by atoms with E-state index in [9.17, 15) is 9.90 Å². The summed E-state index contributed by atoms with van der Waals surface area (Å²) in [6.07, 6.45) is 1.15. The molecule has 0 spiro atoms. The van der Waals surface area contributed by atoms with Crippen LogP contribution < -0.4 is 0 Å². The lowest BCUT2D eigenvalue weighted by Crippen LogP contribution is -2.56. The molecule has 1 aliphatic carbocycles. The van der Waals surface area contributed by atoms with E-state index in [-0.39, 0.29) is 17.8 Å². The molecule has 6 heteroatoms. The van der Waals surface area contributed by atoms with E-state index in [1.54, 1.807) is 12.1 Å². The second-order valence-electron chi connectivity index (χ2n) is 9.79. The van der Waals surface area contributed by atoms with E-state index in [0.717, 1.165) is 5.56 Å². The molecule has 5 rings (SSSR count). The molecule has 2 fully saturated rings. The number of rotatable bonds is 5. The molecule has 1 saturated carbocycles.